The molecule has 86 valence electrons. The minimum atomic E-state index is -0.346. The maximum Gasteiger partial charge on any atom is 0.337 e. The summed E-state index contributed by atoms with van der Waals surface area (Å²) in [5.41, 5.74) is 3.44. The Labute approximate surface area is 100 Å². The van der Waals surface area contributed by atoms with E-state index in [9.17, 15) is 4.79 Å². The summed E-state index contributed by atoms with van der Waals surface area (Å²) in [5.74, 6) is -0.346. The van der Waals surface area contributed by atoms with E-state index in [4.69, 9.17) is 0 Å². The second kappa shape index (κ2) is 4.78. The molecule has 17 heavy (non-hydrogen) atoms. The smallest absolute Gasteiger partial charge is 0.337 e. The number of hydrogen-bond donors (Lipinski definition) is 0. The van der Waals surface area contributed by atoms with Crippen LogP contribution in [0.5, 0.6) is 0 Å². The Kier molecular flexibility index (Phi) is 3.19. The van der Waals surface area contributed by atoms with Gasteiger partial charge in [-0.3, -0.25) is 4.98 Å². The van der Waals surface area contributed by atoms with Gasteiger partial charge in [-0.15, -0.1) is 0 Å². The number of aromatic nitrogens is 1. The van der Waals surface area contributed by atoms with Crippen molar-refractivity contribution < 1.29 is 9.53 Å². The zero-order valence-corrected chi connectivity index (χ0v) is 9.81. The third-order valence-corrected chi connectivity index (χ3v) is 2.49. The van der Waals surface area contributed by atoms with Crippen LogP contribution >= 0.6 is 0 Å². The number of aryl methyl sites for hydroxylation is 1. The first-order chi connectivity index (χ1) is 8.20. The van der Waals surface area contributed by atoms with Crippen LogP contribution < -0.4 is 0 Å². The number of rotatable bonds is 2. The Bertz CT molecular complexity index is 549. The first kappa shape index (κ1) is 11.3. The van der Waals surface area contributed by atoms with Crippen molar-refractivity contribution in [3.63, 3.8) is 0 Å². The summed E-state index contributed by atoms with van der Waals surface area (Å²) in [6, 6.07) is 11.4. The Morgan fingerprint density at radius 3 is 2.76 bits per heavy atom. The number of ether oxygens (including phenoxy) is 1. The van der Waals surface area contributed by atoms with E-state index in [1.165, 1.54) is 7.11 Å². The van der Waals surface area contributed by atoms with Crippen molar-refractivity contribution in [3.05, 3.63) is 53.7 Å². The Hall–Kier alpha value is -2.16. The van der Waals surface area contributed by atoms with Gasteiger partial charge in [0.25, 0.3) is 0 Å². The van der Waals surface area contributed by atoms with Crippen molar-refractivity contribution in [2.75, 3.05) is 7.11 Å². The molecule has 0 unspecified atom stereocenters. The molecule has 0 N–H and O–H groups in total. The maximum absolute atomic E-state index is 11.4. The summed E-state index contributed by atoms with van der Waals surface area (Å²) in [7, 11) is 1.37. The van der Waals surface area contributed by atoms with Gasteiger partial charge in [-0.05, 0) is 25.1 Å². The lowest BCUT2D eigenvalue weighted by Crippen LogP contribution is -2.01. The zero-order chi connectivity index (χ0) is 12.3. The molecule has 0 fully saturated rings. The molecule has 0 spiro atoms. The van der Waals surface area contributed by atoms with Gasteiger partial charge in [0.05, 0.1) is 18.4 Å². The molecule has 3 heteroatoms. The van der Waals surface area contributed by atoms with Crippen molar-refractivity contribution in [2.24, 2.45) is 0 Å². The highest BCUT2D eigenvalue weighted by Crippen LogP contribution is 2.19. The summed E-state index contributed by atoms with van der Waals surface area (Å²) in [4.78, 5) is 15.7. The molecule has 0 aliphatic carbocycles. The predicted molar refractivity (Wildman–Crippen MR) is 65.7 cm³/mol. The summed E-state index contributed by atoms with van der Waals surface area (Å²) in [6.45, 7) is 2.02. The minimum Gasteiger partial charge on any atom is -0.465 e. The molecule has 0 saturated heterocycles. The van der Waals surface area contributed by atoms with Crippen molar-refractivity contribution in [3.8, 4) is 11.3 Å². The largest absolute Gasteiger partial charge is 0.465 e. The van der Waals surface area contributed by atoms with Crippen molar-refractivity contribution in [2.45, 2.75) is 6.92 Å². The predicted octanol–water partition coefficient (Wildman–Crippen LogP) is 2.84. The van der Waals surface area contributed by atoms with Crippen molar-refractivity contribution >= 4 is 5.97 Å². The number of carbonyl (C=O) groups is 1. The average Bonchev–Trinajstić information content (AvgIpc) is 2.38. The first-order valence-electron chi connectivity index (χ1n) is 5.32. The van der Waals surface area contributed by atoms with Gasteiger partial charge in [0.2, 0.25) is 0 Å². The highest BCUT2D eigenvalue weighted by atomic mass is 16.5. The highest BCUT2D eigenvalue weighted by molar-refractivity contribution is 5.90. The summed E-state index contributed by atoms with van der Waals surface area (Å²) in [6.07, 6.45) is 1.62. The SMILES string of the molecule is COC(=O)c1ccnc(-c2cccc(C)c2)c1. The molecule has 0 radical (unpaired) electrons. The molecule has 2 rings (SSSR count). The van der Waals surface area contributed by atoms with E-state index in [2.05, 4.69) is 9.72 Å². The van der Waals surface area contributed by atoms with Gasteiger partial charge in [-0.1, -0.05) is 23.8 Å². The third kappa shape index (κ3) is 2.50. The van der Waals surface area contributed by atoms with Gasteiger partial charge in [0.15, 0.2) is 0 Å². The molecule has 0 aliphatic rings. The lowest BCUT2D eigenvalue weighted by Gasteiger charge is -2.04. The topological polar surface area (TPSA) is 39.2 Å². The summed E-state index contributed by atoms with van der Waals surface area (Å²) >= 11 is 0. The van der Waals surface area contributed by atoms with E-state index in [1.54, 1.807) is 18.3 Å². The van der Waals surface area contributed by atoms with Crippen molar-refractivity contribution in [1.29, 1.82) is 0 Å². The summed E-state index contributed by atoms with van der Waals surface area (Å²) < 4.78 is 4.68. The lowest BCUT2D eigenvalue weighted by atomic mass is 10.1. The number of hydrogen-bond acceptors (Lipinski definition) is 3. The molecule has 1 aromatic heterocycles. The molecular weight excluding hydrogens is 214 g/mol. The van der Waals surface area contributed by atoms with E-state index in [0.717, 1.165) is 16.8 Å². The van der Waals surface area contributed by atoms with Gasteiger partial charge in [-0.25, -0.2) is 4.79 Å². The Morgan fingerprint density at radius 2 is 2.06 bits per heavy atom. The van der Waals surface area contributed by atoms with Crippen LogP contribution in [0.25, 0.3) is 11.3 Å². The van der Waals surface area contributed by atoms with Crippen molar-refractivity contribution in [1.82, 2.24) is 4.98 Å². The Balaban J connectivity index is 2.43. The number of nitrogens with zero attached hydrogens (tertiary/aromatic N) is 1. The number of methoxy groups -OCH3 is 1. The standard InChI is InChI=1S/C14H13NO2/c1-10-4-3-5-11(8-10)13-9-12(6-7-15-13)14(16)17-2/h3-9H,1-2H3. The number of benzene rings is 1. The quantitative estimate of drug-likeness (QED) is 0.740. The molecule has 0 amide bonds. The first-order valence-corrected chi connectivity index (χ1v) is 5.32. The number of esters is 1. The molecule has 1 heterocycles. The fourth-order valence-electron chi connectivity index (χ4n) is 1.64. The number of carbonyl (C=O) groups excluding carboxylic acids is 1. The van der Waals surface area contributed by atoms with E-state index in [-0.39, 0.29) is 5.97 Å². The second-order valence-corrected chi connectivity index (χ2v) is 3.79. The highest BCUT2D eigenvalue weighted by Gasteiger charge is 2.07. The van der Waals surface area contributed by atoms with Crippen LogP contribution in [0.2, 0.25) is 0 Å². The molecule has 2 aromatic rings. The monoisotopic (exact) mass is 227 g/mol. The fraction of sp³-hybridized carbons (Fsp3) is 0.143. The molecule has 0 bridgehead atoms. The van der Waals surface area contributed by atoms with Crippen LogP contribution in [-0.2, 0) is 4.74 Å². The van der Waals surface area contributed by atoms with E-state index >= 15 is 0 Å². The van der Waals surface area contributed by atoms with Gasteiger partial charge in [0.1, 0.15) is 0 Å². The van der Waals surface area contributed by atoms with Crippen LogP contribution in [0.4, 0.5) is 0 Å². The van der Waals surface area contributed by atoms with Gasteiger partial charge < -0.3 is 4.74 Å². The molecule has 0 atom stereocenters. The lowest BCUT2D eigenvalue weighted by molar-refractivity contribution is 0.0600. The van der Waals surface area contributed by atoms with E-state index in [1.807, 2.05) is 31.2 Å². The fourth-order valence-corrected chi connectivity index (χ4v) is 1.64. The van der Waals surface area contributed by atoms with Crippen LogP contribution in [0.15, 0.2) is 42.6 Å². The van der Waals surface area contributed by atoms with Gasteiger partial charge >= 0.3 is 5.97 Å². The second-order valence-electron chi connectivity index (χ2n) is 3.79. The average molecular weight is 227 g/mol. The summed E-state index contributed by atoms with van der Waals surface area (Å²) in [5, 5.41) is 0. The minimum absolute atomic E-state index is 0.346. The van der Waals surface area contributed by atoms with Crippen LogP contribution in [0.3, 0.4) is 0 Å². The Morgan fingerprint density at radius 1 is 1.24 bits per heavy atom. The molecular formula is C14H13NO2. The molecule has 1 aromatic carbocycles. The van der Waals surface area contributed by atoms with Crippen LogP contribution in [0.1, 0.15) is 15.9 Å². The van der Waals surface area contributed by atoms with E-state index < -0.39 is 0 Å². The number of pyridine rings is 1. The van der Waals surface area contributed by atoms with Gasteiger partial charge in [-0.2, -0.15) is 0 Å². The molecule has 3 nitrogen and oxygen atoms in total. The molecule has 0 aliphatic heterocycles. The normalized spacial score (nSPS) is 10.0. The van der Waals surface area contributed by atoms with E-state index in [0.29, 0.717) is 5.56 Å². The van der Waals surface area contributed by atoms with Crippen LogP contribution in [-0.4, -0.2) is 18.1 Å². The molecule has 0 saturated carbocycles. The zero-order valence-electron chi connectivity index (χ0n) is 9.81. The van der Waals surface area contributed by atoms with Crippen LogP contribution in [0, 0.1) is 6.92 Å². The third-order valence-electron chi connectivity index (χ3n) is 2.49. The maximum atomic E-state index is 11.4. The van der Waals surface area contributed by atoms with Gasteiger partial charge in [0, 0.05) is 11.8 Å².